The molecule has 30 heavy (non-hydrogen) atoms. The Hall–Kier alpha value is -3.22. The Morgan fingerprint density at radius 3 is 2.90 bits per heavy atom. The van der Waals surface area contributed by atoms with Crippen LogP contribution in [0.5, 0.6) is 5.75 Å². The quantitative estimate of drug-likeness (QED) is 0.720. The molecule has 1 N–H and O–H groups in total. The summed E-state index contributed by atoms with van der Waals surface area (Å²) in [5.41, 5.74) is 3.75. The third-order valence-corrected chi connectivity index (χ3v) is 6.06. The maximum absolute atomic E-state index is 12.7. The van der Waals surface area contributed by atoms with E-state index in [0.717, 1.165) is 73.3 Å². The summed E-state index contributed by atoms with van der Waals surface area (Å²) in [5, 5.41) is 7.77. The Morgan fingerprint density at radius 2 is 2.07 bits per heavy atom. The van der Waals surface area contributed by atoms with Gasteiger partial charge in [0, 0.05) is 29.6 Å². The van der Waals surface area contributed by atoms with Crippen LogP contribution in [0.15, 0.2) is 49.2 Å². The maximum Gasteiger partial charge on any atom is 0.251 e. The van der Waals surface area contributed by atoms with Crippen molar-refractivity contribution in [2.75, 3.05) is 6.61 Å². The first-order valence-electron chi connectivity index (χ1n) is 10.6. The van der Waals surface area contributed by atoms with Gasteiger partial charge in [0.1, 0.15) is 12.1 Å². The van der Waals surface area contributed by atoms with Gasteiger partial charge in [0.15, 0.2) is 0 Å². The van der Waals surface area contributed by atoms with Crippen molar-refractivity contribution in [3.8, 4) is 17.0 Å². The third-order valence-electron chi connectivity index (χ3n) is 6.06. The molecule has 1 amide bonds. The SMILES string of the molecule is O=C(NC1CCC(n2cc(-c3ccncn3)cn2)CC1)c1ccc2c(c1)CCCO2. The fourth-order valence-electron chi connectivity index (χ4n) is 4.39. The van der Waals surface area contributed by atoms with Gasteiger partial charge in [0.2, 0.25) is 0 Å². The van der Waals surface area contributed by atoms with E-state index in [-0.39, 0.29) is 11.9 Å². The van der Waals surface area contributed by atoms with E-state index in [0.29, 0.717) is 6.04 Å². The van der Waals surface area contributed by atoms with Crippen molar-refractivity contribution >= 4 is 5.91 Å². The molecule has 1 saturated carbocycles. The van der Waals surface area contributed by atoms with E-state index >= 15 is 0 Å². The minimum absolute atomic E-state index is 0.0111. The van der Waals surface area contributed by atoms with E-state index in [1.807, 2.05) is 35.1 Å². The summed E-state index contributed by atoms with van der Waals surface area (Å²) < 4.78 is 7.69. The van der Waals surface area contributed by atoms with Crippen LogP contribution in [0.3, 0.4) is 0 Å². The van der Waals surface area contributed by atoms with E-state index in [1.165, 1.54) is 0 Å². The first kappa shape index (κ1) is 18.8. The minimum Gasteiger partial charge on any atom is -0.493 e. The summed E-state index contributed by atoms with van der Waals surface area (Å²) in [4.78, 5) is 21.0. The van der Waals surface area contributed by atoms with Crippen molar-refractivity contribution in [3.63, 3.8) is 0 Å². The van der Waals surface area contributed by atoms with Crippen LogP contribution in [-0.4, -0.2) is 38.3 Å². The molecule has 154 valence electrons. The molecular weight excluding hydrogens is 378 g/mol. The van der Waals surface area contributed by atoms with Crippen molar-refractivity contribution in [1.82, 2.24) is 25.1 Å². The monoisotopic (exact) mass is 403 g/mol. The molecule has 1 fully saturated rings. The van der Waals surface area contributed by atoms with E-state index < -0.39 is 0 Å². The fraction of sp³-hybridized carbons (Fsp3) is 0.391. The fourth-order valence-corrected chi connectivity index (χ4v) is 4.39. The van der Waals surface area contributed by atoms with Crippen LogP contribution < -0.4 is 10.1 Å². The van der Waals surface area contributed by atoms with Crippen LogP contribution in [0, 0.1) is 0 Å². The second kappa shape index (κ2) is 8.26. The molecular formula is C23H25N5O2. The molecule has 0 bridgehead atoms. The second-order valence-corrected chi connectivity index (χ2v) is 8.06. The van der Waals surface area contributed by atoms with Gasteiger partial charge in [-0.05, 0) is 68.4 Å². The van der Waals surface area contributed by atoms with Gasteiger partial charge >= 0.3 is 0 Å². The highest BCUT2D eigenvalue weighted by molar-refractivity contribution is 5.94. The third kappa shape index (κ3) is 3.92. The molecule has 2 aromatic heterocycles. The molecule has 7 nitrogen and oxygen atoms in total. The Labute approximate surface area is 175 Å². The number of hydrogen-bond donors (Lipinski definition) is 1. The standard InChI is InChI=1S/C23H25N5O2/c29-23(17-3-8-22-16(12-17)2-1-11-30-22)27-19-4-6-20(7-5-19)28-14-18(13-26-28)21-9-10-24-15-25-21/h3,8-10,12-15,19-20H,1-2,4-7,11H2,(H,27,29). The lowest BCUT2D eigenvalue weighted by molar-refractivity contribution is 0.0921. The molecule has 0 spiro atoms. The van der Waals surface area contributed by atoms with Crippen LogP contribution in [0.2, 0.25) is 0 Å². The number of nitrogens with zero attached hydrogens (tertiary/aromatic N) is 4. The van der Waals surface area contributed by atoms with Crippen molar-refractivity contribution in [1.29, 1.82) is 0 Å². The highest BCUT2D eigenvalue weighted by atomic mass is 16.5. The van der Waals surface area contributed by atoms with Crippen LogP contribution in [0.25, 0.3) is 11.3 Å². The van der Waals surface area contributed by atoms with Gasteiger partial charge in [-0.3, -0.25) is 9.48 Å². The van der Waals surface area contributed by atoms with Gasteiger partial charge in [-0.15, -0.1) is 0 Å². The first-order chi connectivity index (χ1) is 14.8. The Bertz CT molecular complexity index is 1030. The maximum atomic E-state index is 12.7. The molecule has 3 heterocycles. The smallest absolute Gasteiger partial charge is 0.251 e. The number of amides is 1. The van der Waals surface area contributed by atoms with Gasteiger partial charge in [0.05, 0.1) is 24.5 Å². The molecule has 0 radical (unpaired) electrons. The Kier molecular flexibility index (Phi) is 5.17. The lowest BCUT2D eigenvalue weighted by Crippen LogP contribution is -2.38. The predicted molar refractivity (Wildman–Crippen MR) is 112 cm³/mol. The average molecular weight is 403 g/mol. The first-order valence-corrected chi connectivity index (χ1v) is 10.6. The summed E-state index contributed by atoms with van der Waals surface area (Å²) in [7, 11) is 0. The highest BCUT2D eigenvalue weighted by Gasteiger charge is 2.25. The highest BCUT2D eigenvalue weighted by Crippen LogP contribution is 2.30. The molecule has 1 aromatic carbocycles. The van der Waals surface area contributed by atoms with Crippen molar-refractivity contribution in [3.05, 3.63) is 60.3 Å². The molecule has 0 atom stereocenters. The van der Waals surface area contributed by atoms with Crippen molar-refractivity contribution < 1.29 is 9.53 Å². The number of carbonyl (C=O) groups excluding carboxylic acids is 1. The van der Waals surface area contributed by atoms with Gasteiger partial charge in [-0.1, -0.05) is 0 Å². The number of benzene rings is 1. The predicted octanol–water partition coefficient (Wildman–Crippen LogP) is 3.58. The number of fused-ring (bicyclic) bond motifs is 1. The molecule has 1 aliphatic heterocycles. The largest absolute Gasteiger partial charge is 0.493 e. The van der Waals surface area contributed by atoms with E-state index in [4.69, 9.17) is 4.74 Å². The lowest BCUT2D eigenvalue weighted by Gasteiger charge is -2.29. The summed E-state index contributed by atoms with van der Waals surface area (Å²) >= 11 is 0. The van der Waals surface area contributed by atoms with Crippen molar-refractivity contribution in [2.24, 2.45) is 0 Å². The number of rotatable bonds is 4. The van der Waals surface area contributed by atoms with Crippen LogP contribution >= 0.6 is 0 Å². The topological polar surface area (TPSA) is 81.9 Å². The lowest BCUT2D eigenvalue weighted by atomic mass is 9.91. The Balaban J connectivity index is 1.17. The molecule has 0 saturated heterocycles. The molecule has 1 aliphatic carbocycles. The van der Waals surface area contributed by atoms with Crippen LogP contribution in [0.1, 0.15) is 54.1 Å². The molecule has 0 unspecified atom stereocenters. The summed E-state index contributed by atoms with van der Waals surface area (Å²) in [6.45, 7) is 0.762. The molecule has 7 heteroatoms. The normalized spacial score (nSPS) is 20.8. The summed E-state index contributed by atoms with van der Waals surface area (Å²) in [6, 6.07) is 8.22. The summed E-state index contributed by atoms with van der Waals surface area (Å²) in [6.07, 6.45) is 13.1. The zero-order valence-electron chi connectivity index (χ0n) is 16.8. The number of nitrogens with one attached hydrogen (secondary N) is 1. The van der Waals surface area contributed by atoms with Crippen LogP contribution in [0.4, 0.5) is 0 Å². The molecule has 2 aliphatic rings. The Morgan fingerprint density at radius 1 is 1.17 bits per heavy atom. The zero-order valence-corrected chi connectivity index (χ0v) is 16.8. The van der Waals surface area contributed by atoms with Gasteiger partial charge < -0.3 is 10.1 Å². The number of carbonyl (C=O) groups is 1. The zero-order chi connectivity index (χ0) is 20.3. The minimum atomic E-state index is 0.0111. The summed E-state index contributed by atoms with van der Waals surface area (Å²) in [5.74, 6) is 0.927. The van der Waals surface area contributed by atoms with Crippen LogP contribution in [-0.2, 0) is 6.42 Å². The number of ether oxygens (including phenoxy) is 1. The number of aryl methyl sites for hydroxylation is 1. The van der Waals surface area contributed by atoms with Crippen molar-refractivity contribution in [2.45, 2.75) is 50.6 Å². The number of aromatic nitrogens is 4. The molecule has 3 aromatic rings. The number of hydrogen-bond acceptors (Lipinski definition) is 5. The van der Waals surface area contributed by atoms with E-state index in [1.54, 1.807) is 12.5 Å². The van der Waals surface area contributed by atoms with E-state index in [9.17, 15) is 4.79 Å². The van der Waals surface area contributed by atoms with Gasteiger partial charge in [0.25, 0.3) is 5.91 Å². The average Bonchev–Trinajstić information content (AvgIpc) is 3.30. The second-order valence-electron chi connectivity index (χ2n) is 8.06. The van der Waals surface area contributed by atoms with Gasteiger partial charge in [-0.2, -0.15) is 5.10 Å². The molecule has 5 rings (SSSR count). The van der Waals surface area contributed by atoms with E-state index in [2.05, 4.69) is 26.6 Å². The van der Waals surface area contributed by atoms with Gasteiger partial charge in [-0.25, -0.2) is 9.97 Å².